The Morgan fingerprint density at radius 1 is 1.25 bits per heavy atom. The van der Waals surface area contributed by atoms with E-state index in [9.17, 15) is 13.2 Å². The lowest BCUT2D eigenvalue weighted by Gasteiger charge is -2.39. The van der Waals surface area contributed by atoms with E-state index in [1.54, 1.807) is 24.0 Å². The Morgan fingerprint density at radius 2 is 1.94 bits per heavy atom. The molecule has 2 N–H and O–H groups in total. The highest BCUT2D eigenvalue weighted by Gasteiger charge is 2.41. The topological polar surface area (TPSA) is 105 Å². The third-order valence-corrected chi connectivity index (χ3v) is 9.20. The van der Waals surface area contributed by atoms with Gasteiger partial charge in [0.15, 0.2) is 0 Å². The summed E-state index contributed by atoms with van der Waals surface area (Å²) in [4.78, 5) is 16.6. The molecule has 0 aromatic carbocycles. The monoisotopic (exact) mass is 482 g/mol. The summed E-state index contributed by atoms with van der Waals surface area (Å²) in [5.41, 5.74) is 6.51. The first kappa shape index (κ1) is 24.5. The summed E-state index contributed by atoms with van der Waals surface area (Å²) in [7, 11) is -0.625. The Kier molecular flexibility index (Phi) is 7.21. The Hall–Kier alpha value is -2.11. The van der Waals surface area contributed by atoms with E-state index in [1.165, 1.54) is 21.8 Å². The normalized spacial score (nSPS) is 17.8. The summed E-state index contributed by atoms with van der Waals surface area (Å²) in [6.07, 6.45) is 4.71. The van der Waals surface area contributed by atoms with Gasteiger partial charge in [-0.05, 0) is 44.3 Å². The van der Waals surface area contributed by atoms with Crippen molar-refractivity contribution < 1.29 is 13.2 Å². The van der Waals surface area contributed by atoms with Crippen LogP contribution >= 0.6 is 11.3 Å². The minimum Gasteiger partial charge on any atom is -0.350 e. The van der Waals surface area contributed by atoms with E-state index in [1.807, 2.05) is 34.7 Å². The molecule has 11 heteroatoms. The number of amides is 2. The molecule has 2 aromatic heterocycles. The number of rotatable bonds is 7. The van der Waals surface area contributed by atoms with Gasteiger partial charge in [-0.2, -0.15) is 17.8 Å². The van der Waals surface area contributed by atoms with Gasteiger partial charge in [0, 0.05) is 29.5 Å². The van der Waals surface area contributed by atoms with Gasteiger partial charge in [-0.1, -0.05) is 27.7 Å². The smallest absolute Gasteiger partial charge is 0.334 e. The second-order valence-electron chi connectivity index (χ2n) is 9.04. The lowest BCUT2D eigenvalue weighted by molar-refractivity contribution is 0.252. The van der Waals surface area contributed by atoms with Gasteiger partial charge in [0.2, 0.25) is 0 Å². The van der Waals surface area contributed by atoms with Gasteiger partial charge in [0.1, 0.15) is 0 Å². The van der Waals surface area contributed by atoms with Crippen LogP contribution in [0, 0.1) is 0 Å². The van der Waals surface area contributed by atoms with Crippen LogP contribution in [0.15, 0.2) is 18.5 Å². The van der Waals surface area contributed by atoms with E-state index in [-0.39, 0.29) is 17.9 Å². The largest absolute Gasteiger partial charge is 0.350 e. The van der Waals surface area contributed by atoms with Crippen molar-refractivity contribution in [2.45, 2.75) is 58.4 Å². The van der Waals surface area contributed by atoms with Crippen LogP contribution < -0.4 is 14.3 Å². The molecular formula is C21H34N6O3S2. The van der Waals surface area contributed by atoms with Crippen molar-refractivity contribution in [3.8, 4) is 0 Å². The number of piperidine rings is 1. The van der Waals surface area contributed by atoms with E-state index in [0.717, 1.165) is 27.0 Å². The lowest BCUT2D eigenvalue weighted by Crippen LogP contribution is -2.56. The van der Waals surface area contributed by atoms with Crippen LogP contribution in [0.1, 0.15) is 62.1 Å². The number of primary amides is 1. The molecule has 1 saturated heterocycles. The van der Waals surface area contributed by atoms with Crippen LogP contribution in [0.3, 0.4) is 0 Å². The molecule has 32 heavy (non-hydrogen) atoms. The number of aromatic nitrogens is 2. The number of aryl methyl sites for hydroxylation is 1. The van der Waals surface area contributed by atoms with Crippen LogP contribution in [0.2, 0.25) is 0 Å². The van der Waals surface area contributed by atoms with Crippen LogP contribution in [-0.4, -0.2) is 55.3 Å². The third-order valence-electron chi connectivity index (χ3n) is 5.63. The zero-order valence-electron chi connectivity index (χ0n) is 19.6. The molecule has 0 unspecified atom stereocenters. The van der Waals surface area contributed by atoms with Gasteiger partial charge in [0.05, 0.1) is 23.6 Å². The van der Waals surface area contributed by atoms with Crippen molar-refractivity contribution in [1.82, 2.24) is 14.7 Å². The van der Waals surface area contributed by atoms with Gasteiger partial charge in [-0.3, -0.25) is 4.68 Å². The summed E-state index contributed by atoms with van der Waals surface area (Å²) in [5, 5.41) is 4.18. The van der Waals surface area contributed by atoms with Gasteiger partial charge < -0.3 is 10.6 Å². The zero-order chi connectivity index (χ0) is 23.8. The predicted molar refractivity (Wildman–Crippen MR) is 130 cm³/mol. The highest BCUT2D eigenvalue weighted by Crippen LogP contribution is 2.41. The second kappa shape index (κ2) is 9.40. The van der Waals surface area contributed by atoms with Crippen LogP contribution in [-0.2, 0) is 17.3 Å². The number of carbonyl (C=O) groups is 1. The number of likely N-dealkylation sites (tertiary alicyclic amines) is 1. The van der Waals surface area contributed by atoms with Crippen LogP contribution in [0.4, 0.5) is 16.2 Å². The molecule has 9 nitrogen and oxygen atoms in total. The van der Waals surface area contributed by atoms with Gasteiger partial charge in [-0.25, -0.2) is 9.10 Å². The predicted octanol–water partition coefficient (Wildman–Crippen LogP) is 3.46. The van der Waals surface area contributed by atoms with E-state index in [0.29, 0.717) is 24.3 Å². The number of carbonyl (C=O) groups excluding carboxylic acids is 1. The number of urea groups is 1. The highest BCUT2D eigenvalue weighted by molar-refractivity contribution is 7.95. The number of nitrogens with two attached hydrogens (primary N) is 1. The Morgan fingerprint density at radius 3 is 2.44 bits per heavy atom. The van der Waals surface area contributed by atoms with Gasteiger partial charge in [0.25, 0.3) is 0 Å². The van der Waals surface area contributed by atoms with E-state index < -0.39 is 16.2 Å². The number of hydrogen-bond acceptors (Lipinski definition) is 6. The molecule has 0 bridgehead atoms. The van der Waals surface area contributed by atoms with E-state index in [2.05, 4.69) is 10.00 Å². The van der Waals surface area contributed by atoms with E-state index >= 15 is 0 Å². The highest BCUT2D eigenvalue weighted by atomic mass is 32.2. The minimum absolute atomic E-state index is 0.0344. The lowest BCUT2D eigenvalue weighted by atomic mass is 10.1. The zero-order valence-corrected chi connectivity index (χ0v) is 21.3. The van der Waals surface area contributed by atoms with E-state index in [4.69, 9.17) is 5.73 Å². The maximum Gasteiger partial charge on any atom is 0.334 e. The van der Waals surface area contributed by atoms with Crippen molar-refractivity contribution in [2.75, 3.05) is 28.7 Å². The molecule has 0 saturated carbocycles. The maximum atomic E-state index is 14.1. The van der Waals surface area contributed by atoms with Crippen molar-refractivity contribution in [1.29, 1.82) is 0 Å². The summed E-state index contributed by atoms with van der Waals surface area (Å²) in [5.74, 6) is 0.234. The quantitative estimate of drug-likeness (QED) is 0.651. The molecule has 0 aliphatic carbocycles. The van der Waals surface area contributed by atoms with Crippen molar-refractivity contribution in [3.63, 3.8) is 0 Å². The average molecular weight is 483 g/mol. The molecule has 2 aromatic rings. The Balaban J connectivity index is 2.18. The molecule has 0 spiro atoms. The first-order chi connectivity index (χ1) is 14.9. The first-order valence-corrected chi connectivity index (χ1v) is 13.1. The molecule has 1 fully saturated rings. The number of anilines is 2. The van der Waals surface area contributed by atoms with Gasteiger partial charge in [-0.15, -0.1) is 11.3 Å². The molecule has 178 valence electrons. The first-order valence-electron chi connectivity index (χ1n) is 10.9. The Bertz CT molecular complexity index is 1060. The average Bonchev–Trinajstić information content (AvgIpc) is 3.28. The fraction of sp³-hybridized carbons (Fsp3) is 0.619. The summed E-state index contributed by atoms with van der Waals surface area (Å²) in [6.45, 7) is 9.51. The molecule has 3 heterocycles. The fourth-order valence-corrected chi connectivity index (χ4v) is 7.02. The minimum atomic E-state index is -4.33. The molecule has 0 radical (unpaired) electrons. The standard InChI is InChI=1S/C21H34N6O3S2/c1-14(2)19-10-18(20(31-19)15(3)4)27(21(22)28)32(29,30)26(17-11-23-25(6)13-17)16-8-7-9-24(5)12-16/h10-11,13-16H,7-9,12H2,1-6H3,(H2,22,28)/t16-/m1/s1. The molecule has 3 rings (SSSR count). The summed E-state index contributed by atoms with van der Waals surface area (Å²) >= 11 is 1.53. The van der Waals surface area contributed by atoms with Crippen molar-refractivity contribution in [2.24, 2.45) is 12.8 Å². The van der Waals surface area contributed by atoms with Crippen molar-refractivity contribution >= 4 is 39.0 Å². The van der Waals surface area contributed by atoms with Crippen LogP contribution in [0.25, 0.3) is 0 Å². The number of nitrogens with zero attached hydrogens (tertiary/aromatic N) is 5. The third kappa shape index (κ3) is 4.79. The molecule has 1 atom stereocenters. The molecule has 1 aliphatic rings. The van der Waals surface area contributed by atoms with Crippen molar-refractivity contribution in [3.05, 3.63) is 28.2 Å². The number of thiophene rings is 1. The summed E-state index contributed by atoms with van der Waals surface area (Å²) in [6, 6.07) is 0.440. The SMILES string of the molecule is CC(C)c1cc(N(C(N)=O)S(=O)(=O)N(c2cnn(C)c2)[C@@H]2CCCN(C)C2)c(C(C)C)s1. The second-order valence-corrected chi connectivity index (χ2v) is 11.8. The molecule has 2 amide bonds. The van der Waals surface area contributed by atoms with Gasteiger partial charge >= 0.3 is 16.2 Å². The molecular weight excluding hydrogens is 448 g/mol. The Labute approximate surface area is 195 Å². The number of likely N-dealkylation sites (N-methyl/N-ethyl adjacent to an activating group) is 1. The maximum absolute atomic E-state index is 14.1. The number of hydrogen-bond donors (Lipinski definition) is 1. The van der Waals surface area contributed by atoms with Crippen LogP contribution in [0.5, 0.6) is 0 Å². The summed E-state index contributed by atoms with van der Waals surface area (Å²) < 4.78 is 32.0. The molecule has 1 aliphatic heterocycles. The fourth-order valence-electron chi connectivity index (χ4n) is 4.10.